The number of hydrogen-bond donors (Lipinski definition) is 0. The van der Waals surface area contributed by atoms with Gasteiger partial charge >= 0.3 is 0 Å². The Bertz CT molecular complexity index is 852. The summed E-state index contributed by atoms with van der Waals surface area (Å²) in [6, 6.07) is 10.1. The van der Waals surface area contributed by atoms with E-state index in [0.29, 0.717) is 32.8 Å². The Kier molecular flexibility index (Phi) is 9.20. The number of hydrogen-bond acceptors (Lipinski definition) is 5. The van der Waals surface area contributed by atoms with Crippen LogP contribution >= 0.6 is 11.3 Å². The molecule has 0 aliphatic carbocycles. The van der Waals surface area contributed by atoms with Crippen molar-refractivity contribution in [1.29, 1.82) is 0 Å². The van der Waals surface area contributed by atoms with Gasteiger partial charge in [-0.2, -0.15) is 0 Å². The second kappa shape index (κ2) is 12.1. The predicted octanol–water partition coefficient (Wildman–Crippen LogP) is 3.23. The Labute approximate surface area is 193 Å². The Morgan fingerprint density at radius 1 is 1.09 bits per heavy atom. The van der Waals surface area contributed by atoms with Crippen LogP contribution in [-0.2, 0) is 27.4 Å². The molecule has 8 heteroatoms. The molecule has 0 saturated carbocycles. The molecule has 32 heavy (non-hydrogen) atoms. The fraction of sp³-hybridized carbons (Fsp3) is 0.500. The average Bonchev–Trinajstić information content (AvgIpc) is 3.31. The van der Waals surface area contributed by atoms with Crippen LogP contribution < -0.4 is 0 Å². The minimum Gasteiger partial charge on any atom is -0.379 e. The molecule has 1 fully saturated rings. The van der Waals surface area contributed by atoms with Gasteiger partial charge in [0, 0.05) is 43.5 Å². The van der Waals surface area contributed by atoms with E-state index in [1.807, 2.05) is 31.4 Å². The first-order valence-corrected chi connectivity index (χ1v) is 11.9. The van der Waals surface area contributed by atoms with Gasteiger partial charge in [0.05, 0.1) is 26.3 Å². The number of rotatable bonds is 10. The summed E-state index contributed by atoms with van der Waals surface area (Å²) in [6.07, 6.45) is 0. The SMILES string of the molecule is CC(C)C(=O)N(CCN1CCOCC1)CC(=O)N(Cc1ccc(F)cc1)Cc1cccs1. The number of ether oxygens (including phenoxy) is 1. The van der Waals surface area contributed by atoms with Crippen molar-refractivity contribution >= 4 is 23.2 Å². The number of thiophene rings is 1. The molecule has 6 nitrogen and oxygen atoms in total. The van der Waals surface area contributed by atoms with Crippen LogP contribution in [0.3, 0.4) is 0 Å². The van der Waals surface area contributed by atoms with E-state index in [2.05, 4.69) is 4.90 Å². The Balaban J connectivity index is 1.70. The minimum absolute atomic E-state index is 0.0236. The number of halogens is 1. The van der Waals surface area contributed by atoms with Crippen molar-refractivity contribution < 1.29 is 18.7 Å². The highest BCUT2D eigenvalue weighted by atomic mass is 32.1. The van der Waals surface area contributed by atoms with Gasteiger partial charge in [-0.3, -0.25) is 14.5 Å². The first kappa shape index (κ1) is 24.4. The molecule has 0 N–H and O–H groups in total. The lowest BCUT2D eigenvalue weighted by molar-refractivity contribution is -0.143. The van der Waals surface area contributed by atoms with Crippen LogP contribution in [0.25, 0.3) is 0 Å². The molecule has 0 atom stereocenters. The van der Waals surface area contributed by atoms with E-state index >= 15 is 0 Å². The highest BCUT2D eigenvalue weighted by molar-refractivity contribution is 7.09. The van der Waals surface area contributed by atoms with Crippen molar-refractivity contribution in [3.8, 4) is 0 Å². The van der Waals surface area contributed by atoms with Gasteiger partial charge in [0.25, 0.3) is 0 Å². The summed E-state index contributed by atoms with van der Waals surface area (Å²) >= 11 is 1.59. The van der Waals surface area contributed by atoms with Crippen LogP contribution in [0.15, 0.2) is 41.8 Å². The molecule has 2 aromatic rings. The smallest absolute Gasteiger partial charge is 0.242 e. The highest BCUT2D eigenvalue weighted by Gasteiger charge is 2.24. The van der Waals surface area contributed by atoms with E-state index < -0.39 is 0 Å². The summed E-state index contributed by atoms with van der Waals surface area (Å²) in [5, 5.41) is 1.98. The molecule has 0 spiro atoms. The molecule has 1 aromatic heterocycles. The topological polar surface area (TPSA) is 53.1 Å². The maximum Gasteiger partial charge on any atom is 0.242 e. The second-order valence-corrected chi connectivity index (χ2v) is 9.36. The molecule has 1 aliphatic rings. The lowest BCUT2D eigenvalue weighted by Gasteiger charge is -2.32. The number of carbonyl (C=O) groups excluding carboxylic acids is 2. The van der Waals surface area contributed by atoms with Crippen molar-refractivity contribution in [2.24, 2.45) is 5.92 Å². The lowest BCUT2D eigenvalue weighted by Crippen LogP contribution is -2.48. The second-order valence-electron chi connectivity index (χ2n) is 8.32. The van der Waals surface area contributed by atoms with Gasteiger partial charge in [-0.1, -0.05) is 32.0 Å². The van der Waals surface area contributed by atoms with Crippen LogP contribution in [-0.4, -0.2) is 72.5 Å². The van der Waals surface area contributed by atoms with Crippen molar-refractivity contribution in [3.05, 3.63) is 58.0 Å². The molecule has 0 radical (unpaired) electrons. The number of amides is 2. The van der Waals surface area contributed by atoms with Gasteiger partial charge in [-0.15, -0.1) is 11.3 Å². The predicted molar refractivity (Wildman–Crippen MR) is 124 cm³/mol. The Hall–Kier alpha value is -2.29. The van der Waals surface area contributed by atoms with E-state index in [9.17, 15) is 14.0 Å². The zero-order valence-electron chi connectivity index (χ0n) is 18.8. The van der Waals surface area contributed by atoms with Crippen LogP contribution in [0, 0.1) is 11.7 Å². The quantitative estimate of drug-likeness (QED) is 0.545. The number of benzene rings is 1. The van der Waals surface area contributed by atoms with Crippen LogP contribution in [0.4, 0.5) is 4.39 Å². The number of morpholine rings is 1. The first-order chi connectivity index (χ1) is 15.4. The third-order valence-electron chi connectivity index (χ3n) is 5.49. The van der Waals surface area contributed by atoms with E-state index in [0.717, 1.165) is 30.1 Å². The highest BCUT2D eigenvalue weighted by Crippen LogP contribution is 2.16. The minimum atomic E-state index is -0.304. The monoisotopic (exact) mass is 461 g/mol. The Morgan fingerprint density at radius 2 is 1.81 bits per heavy atom. The summed E-state index contributed by atoms with van der Waals surface area (Å²) in [5.41, 5.74) is 0.853. The van der Waals surface area contributed by atoms with Crippen molar-refractivity contribution in [2.45, 2.75) is 26.9 Å². The maximum atomic E-state index is 13.4. The van der Waals surface area contributed by atoms with E-state index in [1.54, 1.807) is 33.3 Å². The van der Waals surface area contributed by atoms with E-state index in [-0.39, 0.29) is 30.1 Å². The van der Waals surface area contributed by atoms with Gasteiger partial charge in [0.2, 0.25) is 11.8 Å². The van der Waals surface area contributed by atoms with E-state index in [4.69, 9.17) is 4.74 Å². The van der Waals surface area contributed by atoms with Gasteiger partial charge in [-0.05, 0) is 29.1 Å². The standard InChI is InChI=1S/C24H32FN3O3S/c1-19(2)24(30)27(10-9-26-11-13-31-14-12-26)18-23(29)28(17-22-4-3-15-32-22)16-20-5-7-21(25)8-6-20/h3-8,15,19H,9-14,16-18H2,1-2H3. The van der Waals surface area contributed by atoms with Crippen molar-refractivity contribution in [3.63, 3.8) is 0 Å². The summed E-state index contributed by atoms with van der Waals surface area (Å²) < 4.78 is 18.7. The van der Waals surface area contributed by atoms with Gasteiger partial charge in [0.15, 0.2) is 0 Å². The summed E-state index contributed by atoms with van der Waals surface area (Å²) in [6.45, 7) is 8.88. The zero-order chi connectivity index (χ0) is 22.9. The fourth-order valence-electron chi connectivity index (χ4n) is 3.62. The molecule has 1 aliphatic heterocycles. The average molecular weight is 462 g/mol. The Morgan fingerprint density at radius 3 is 2.44 bits per heavy atom. The third-order valence-corrected chi connectivity index (χ3v) is 6.35. The molecule has 0 unspecified atom stereocenters. The maximum absolute atomic E-state index is 13.4. The normalized spacial score (nSPS) is 14.5. The molecule has 2 amide bonds. The largest absolute Gasteiger partial charge is 0.379 e. The molecule has 1 saturated heterocycles. The summed E-state index contributed by atoms with van der Waals surface area (Å²) in [7, 11) is 0. The van der Waals surface area contributed by atoms with Crippen molar-refractivity contribution in [2.75, 3.05) is 45.9 Å². The number of nitrogens with zero attached hydrogens (tertiary/aromatic N) is 3. The van der Waals surface area contributed by atoms with E-state index in [1.165, 1.54) is 12.1 Å². The lowest BCUT2D eigenvalue weighted by atomic mass is 10.1. The molecular formula is C24H32FN3O3S. The van der Waals surface area contributed by atoms with Crippen LogP contribution in [0.1, 0.15) is 24.3 Å². The summed E-state index contributed by atoms with van der Waals surface area (Å²) in [5.74, 6) is -0.625. The van der Waals surface area contributed by atoms with Gasteiger partial charge in [0.1, 0.15) is 5.82 Å². The van der Waals surface area contributed by atoms with Crippen LogP contribution in [0.5, 0.6) is 0 Å². The third kappa shape index (κ3) is 7.39. The van der Waals surface area contributed by atoms with Crippen LogP contribution in [0.2, 0.25) is 0 Å². The fourth-order valence-corrected chi connectivity index (χ4v) is 4.34. The molecule has 174 valence electrons. The van der Waals surface area contributed by atoms with Gasteiger partial charge < -0.3 is 14.5 Å². The number of carbonyl (C=O) groups is 2. The molecule has 3 rings (SSSR count). The molecule has 0 bridgehead atoms. The molecule has 1 aromatic carbocycles. The summed E-state index contributed by atoms with van der Waals surface area (Å²) in [4.78, 5) is 33.0. The molecular weight excluding hydrogens is 429 g/mol. The van der Waals surface area contributed by atoms with Crippen molar-refractivity contribution in [1.82, 2.24) is 14.7 Å². The first-order valence-electron chi connectivity index (χ1n) is 11.1. The van der Waals surface area contributed by atoms with Gasteiger partial charge in [-0.25, -0.2) is 4.39 Å². The molecule has 2 heterocycles. The zero-order valence-corrected chi connectivity index (χ0v) is 19.7.